The summed E-state index contributed by atoms with van der Waals surface area (Å²) in [7, 11) is 0. The Bertz CT molecular complexity index is 276. The number of esters is 1. The molecule has 0 saturated heterocycles. The molecule has 0 spiro atoms. The van der Waals surface area contributed by atoms with E-state index in [9.17, 15) is 4.79 Å². The fourth-order valence-corrected chi connectivity index (χ4v) is 1.59. The summed E-state index contributed by atoms with van der Waals surface area (Å²) in [6.45, 7) is 0. The van der Waals surface area contributed by atoms with Crippen LogP contribution in [0, 0.1) is 0 Å². The number of hydrogen-bond acceptors (Lipinski definition) is 3. The van der Waals surface area contributed by atoms with Crippen LogP contribution in [0.1, 0.15) is 36.2 Å². The van der Waals surface area contributed by atoms with Gasteiger partial charge in [0.15, 0.2) is 0 Å². The van der Waals surface area contributed by atoms with Crippen LogP contribution in [0.5, 0.6) is 0 Å². The van der Waals surface area contributed by atoms with Crippen LogP contribution in [0.15, 0.2) is 12.5 Å². The summed E-state index contributed by atoms with van der Waals surface area (Å²) in [5.74, 6) is -0.288. The summed E-state index contributed by atoms with van der Waals surface area (Å²) in [6, 6.07) is 0. The SMILES string of the molecule is O=C(OC1CCCC1)c1cnc[nH]1. The predicted octanol–water partition coefficient (Wildman–Crippen LogP) is 1.51. The molecule has 13 heavy (non-hydrogen) atoms. The Kier molecular flexibility index (Phi) is 2.29. The van der Waals surface area contributed by atoms with Gasteiger partial charge in [-0.1, -0.05) is 0 Å². The van der Waals surface area contributed by atoms with Gasteiger partial charge in [0.05, 0.1) is 12.5 Å². The summed E-state index contributed by atoms with van der Waals surface area (Å²) in [4.78, 5) is 17.9. The Morgan fingerprint density at radius 1 is 1.54 bits per heavy atom. The number of carbonyl (C=O) groups excluding carboxylic acids is 1. The van der Waals surface area contributed by atoms with Gasteiger partial charge in [0, 0.05) is 0 Å². The highest BCUT2D eigenvalue weighted by Gasteiger charge is 2.20. The van der Waals surface area contributed by atoms with Crippen LogP contribution >= 0.6 is 0 Å². The van der Waals surface area contributed by atoms with Crippen molar-refractivity contribution in [1.29, 1.82) is 0 Å². The number of nitrogens with one attached hydrogen (secondary N) is 1. The average molecular weight is 180 g/mol. The lowest BCUT2D eigenvalue weighted by atomic mass is 10.3. The van der Waals surface area contributed by atoms with Crippen molar-refractivity contribution in [3.63, 3.8) is 0 Å². The minimum atomic E-state index is -0.288. The largest absolute Gasteiger partial charge is 0.458 e. The van der Waals surface area contributed by atoms with Crippen molar-refractivity contribution < 1.29 is 9.53 Å². The molecule has 1 aliphatic rings. The molecule has 1 aromatic rings. The molecule has 0 amide bonds. The van der Waals surface area contributed by atoms with Gasteiger partial charge in [-0.3, -0.25) is 0 Å². The van der Waals surface area contributed by atoms with E-state index in [0.717, 1.165) is 12.8 Å². The highest BCUT2D eigenvalue weighted by atomic mass is 16.5. The number of imidazole rings is 1. The van der Waals surface area contributed by atoms with Gasteiger partial charge >= 0.3 is 5.97 Å². The maximum absolute atomic E-state index is 11.4. The smallest absolute Gasteiger partial charge is 0.356 e. The van der Waals surface area contributed by atoms with Crippen molar-refractivity contribution in [1.82, 2.24) is 9.97 Å². The average Bonchev–Trinajstić information content (AvgIpc) is 2.74. The van der Waals surface area contributed by atoms with Crippen molar-refractivity contribution in [2.24, 2.45) is 0 Å². The maximum atomic E-state index is 11.4. The third kappa shape index (κ3) is 1.88. The molecule has 0 aliphatic heterocycles. The fourth-order valence-electron chi connectivity index (χ4n) is 1.59. The molecule has 1 aliphatic carbocycles. The molecule has 0 aromatic carbocycles. The van der Waals surface area contributed by atoms with E-state index in [1.54, 1.807) is 0 Å². The number of H-pyrrole nitrogens is 1. The first-order valence-electron chi connectivity index (χ1n) is 4.55. The van der Waals surface area contributed by atoms with E-state index >= 15 is 0 Å². The molecule has 1 N–H and O–H groups in total. The summed E-state index contributed by atoms with van der Waals surface area (Å²) < 4.78 is 5.25. The second-order valence-electron chi connectivity index (χ2n) is 3.28. The Morgan fingerprint density at radius 3 is 2.92 bits per heavy atom. The first-order valence-corrected chi connectivity index (χ1v) is 4.55. The van der Waals surface area contributed by atoms with Gasteiger partial charge in [-0.2, -0.15) is 0 Å². The van der Waals surface area contributed by atoms with Crippen molar-refractivity contribution in [3.8, 4) is 0 Å². The van der Waals surface area contributed by atoms with E-state index in [2.05, 4.69) is 9.97 Å². The third-order valence-electron chi connectivity index (χ3n) is 2.29. The Balaban J connectivity index is 1.91. The fraction of sp³-hybridized carbons (Fsp3) is 0.556. The molecule has 0 unspecified atom stereocenters. The second-order valence-corrected chi connectivity index (χ2v) is 3.28. The van der Waals surface area contributed by atoms with Crippen LogP contribution in [0.4, 0.5) is 0 Å². The highest BCUT2D eigenvalue weighted by Crippen LogP contribution is 2.21. The lowest BCUT2D eigenvalue weighted by Gasteiger charge is -2.09. The zero-order valence-electron chi connectivity index (χ0n) is 7.32. The summed E-state index contributed by atoms with van der Waals surface area (Å²) in [5.41, 5.74) is 0.437. The van der Waals surface area contributed by atoms with Crippen LogP contribution in [-0.4, -0.2) is 22.0 Å². The topological polar surface area (TPSA) is 55.0 Å². The Hall–Kier alpha value is -1.32. The van der Waals surface area contributed by atoms with Gasteiger partial charge in [-0.05, 0) is 25.7 Å². The molecule has 0 bridgehead atoms. The van der Waals surface area contributed by atoms with E-state index in [-0.39, 0.29) is 12.1 Å². The molecule has 2 rings (SSSR count). The quantitative estimate of drug-likeness (QED) is 0.702. The maximum Gasteiger partial charge on any atom is 0.356 e. The summed E-state index contributed by atoms with van der Waals surface area (Å²) in [6.07, 6.45) is 7.42. The Morgan fingerprint density at radius 2 is 2.31 bits per heavy atom. The minimum Gasteiger partial charge on any atom is -0.458 e. The van der Waals surface area contributed by atoms with E-state index < -0.39 is 0 Å². The molecule has 0 atom stereocenters. The predicted molar refractivity (Wildman–Crippen MR) is 46.3 cm³/mol. The van der Waals surface area contributed by atoms with Gasteiger partial charge < -0.3 is 9.72 Å². The number of carbonyl (C=O) groups is 1. The van der Waals surface area contributed by atoms with Gasteiger partial charge in [0.2, 0.25) is 0 Å². The van der Waals surface area contributed by atoms with Crippen molar-refractivity contribution in [2.75, 3.05) is 0 Å². The molecular weight excluding hydrogens is 168 g/mol. The monoisotopic (exact) mass is 180 g/mol. The molecule has 1 fully saturated rings. The zero-order valence-corrected chi connectivity index (χ0v) is 7.32. The highest BCUT2D eigenvalue weighted by molar-refractivity contribution is 5.86. The normalized spacial score (nSPS) is 17.5. The first kappa shape index (κ1) is 8.29. The number of aromatic nitrogens is 2. The molecule has 1 heterocycles. The zero-order chi connectivity index (χ0) is 9.10. The molecular formula is C9H12N2O2. The van der Waals surface area contributed by atoms with E-state index in [4.69, 9.17) is 4.74 Å². The summed E-state index contributed by atoms with van der Waals surface area (Å²) in [5, 5.41) is 0. The second kappa shape index (κ2) is 3.60. The van der Waals surface area contributed by atoms with Gasteiger partial charge in [0.25, 0.3) is 0 Å². The van der Waals surface area contributed by atoms with Crippen LogP contribution in [0.3, 0.4) is 0 Å². The van der Waals surface area contributed by atoms with E-state index in [0.29, 0.717) is 5.69 Å². The molecule has 0 radical (unpaired) electrons. The standard InChI is InChI=1S/C9H12N2O2/c12-9(8-5-10-6-11-8)13-7-3-1-2-4-7/h5-7H,1-4H2,(H,10,11). The van der Waals surface area contributed by atoms with Crippen LogP contribution in [-0.2, 0) is 4.74 Å². The Labute approximate surface area is 76.3 Å². The summed E-state index contributed by atoms with van der Waals surface area (Å²) >= 11 is 0. The van der Waals surface area contributed by atoms with Gasteiger partial charge in [-0.25, -0.2) is 9.78 Å². The first-order chi connectivity index (χ1) is 6.36. The van der Waals surface area contributed by atoms with Crippen LogP contribution in [0.2, 0.25) is 0 Å². The van der Waals surface area contributed by atoms with Crippen molar-refractivity contribution in [3.05, 3.63) is 18.2 Å². The number of ether oxygens (including phenoxy) is 1. The number of rotatable bonds is 2. The number of aromatic amines is 1. The molecule has 1 saturated carbocycles. The van der Waals surface area contributed by atoms with E-state index in [1.807, 2.05) is 0 Å². The van der Waals surface area contributed by atoms with Gasteiger partial charge in [-0.15, -0.1) is 0 Å². The number of hydrogen-bond donors (Lipinski definition) is 1. The minimum absolute atomic E-state index is 0.121. The molecule has 4 nitrogen and oxygen atoms in total. The lowest BCUT2D eigenvalue weighted by molar-refractivity contribution is 0.0311. The van der Waals surface area contributed by atoms with E-state index in [1.165, 1.54) is 25.4 Å². The van der Waals surface area contributed by atoms with Crippen molar-refractivity contribution >= 4 is 5.97 Å². The third-order valence-corrected chi connectivity index (χ3v) is 2.29. The molecule has 4 heteroatoms. The van der Waals surface area contributed by atoms with Crippen LogP contribution < -0.4 is 0 Å². The molecule has 70 valence electrons. The lowest BCUT2D eigenvalue weighted by Crippen LogP contribution is -2.14. The number of nitrogens with zero attached hydrogens (tertiary/aromatic N) is 1. The van der Waals surface area contributed by atoms with Crippen molar-refractivity contribution in [2.45, 2.75) is 31.8 Å². The molecule has 1 aromatic heterocycles. The van der Waals surface area contributed by atoms with Crippen LogP contribution in [0.25, 0.3) is 0 Å². The van der Waals surface area contributed by atoms with Gasteiger partial charge in [0.1, 0.15) is 11.8 Å².